The van der Waals surface area contributed by atoms with Gasteiger partial charge in [-0.15, -0.1) is 5.10 Å². The summed E-state index contributed by atoms with van der Waals surface area (Å²) in [5.41, 5.74) is 0.509. The Labute approximate surface area is 89.8 Å². The smallest absolute Gasteiger partial charge is 0.394 e. The molecule has 6 heteroatoms. The molecule has 0 aliphatic carbocycles. The summed E-state index contributed by atoms with van der Waals surface area (Å²) in [7, 11) is 0. The summed E-state index contributed by atoms with van der Waals surface area (Å²) in [6.45, 7) is -0.126. The third-order valence-electron chi connectivity index (χ3n) is 2.01. The monoisotopic (exact) mass is 224 g/mol. The molecule has 0 unspecified atom stereocenters. The normalized spacial score (nSPS) is 10.6. The third-order valence-corrected chi connectivity index (χ3v) is 2.01. The van der Waals surface area contributed by atoms with Gasteiger partial charge in [-0.3, -0.25) is 0 Å². The molecule has 0 saturated heterocycles. The second-order valence-corrected chi connectivity index (χ2v) is 3.13. The lowest BCUT2D eigenvalue weighted by molar-refractivity contribution is 0.264. The van der Waals surface area contributed by atoms with Crippen LogP contribution < -0.4 is 5.76 Å². The molecule has 0 bridgehead atoms. The standard InChI is InChI=1S/C10H9FN2O3/c11-8-3-1-7(2-4-8)9-12-13(5-6-14)10(15)16-9/h1-4,14H,5-6H2. The van der Waals surface area contributed by atoms with Gasteiger partial charge in [0.1, 0.15) is 5.82 Å². The zero-order chi connectivity index (χ0) is 11.5. The van der Waals surface area contributed by atoms with Crippen molar-refractivity contribution in [2.75, 3.05) is 6.61 Å². The summed E-state index contributed by atoms with van der Waals surface area (Å²) in [6, 6.07) is 5.43. The van der Waals surface area contributed by atoms with Gasteiger partial charge in [0.15, 0.2) is 0 Å². The van der Waals surface area contributed by atoms with E-state index >= 15 is 0 Å². The van der Waals surface area contributed by atoms with E-state index < -0.39 is 5.76 Å². The molecule has 0 saturated carbocycles. The minimum absolute atomic E-state index is 0.0729. The third kappa shape index (κ3) is 2.01. The molecule has 84 valence electrons. The van der Waals surface area contributed by atoms with Crippen LogP contribution in [-0.4, -0.2) is 21.5 Å². The van der Waals surface area contributed by atoms with Crippen LogP contribution in [0.1, 0.15) is 0 Å². The van der Waals surface area contributed by atoms with E-state index in [1.54, 1.807) is 0 Å². The van der Waals surface area contributed by atoms with E-state index in [9.17, 15) is 9.18 Å². The van der Waals surface area contributed by atoms with Crippen LogP contribution in [0.5, 0.6) is 0 Å². The quantitative estimate of drug-likeness (QED) is 0.830. The molecule has 1 N–H and O–H groups in total. The first-order valence-electron chi connectivity index (χ1n) is 4.65. The van der Waals surface area contributed by atoms with Gasteiger partial charge in [0.05, 0.1) is 13.2 Å². The van der Waals surface area contributed by atoms with Crippen LogP contribution in [0.3, 0.4) is 0 Å². The fourth-order valence-electron chi connectivity index (χ4n) is 1.25. The van der Waals surface area contributed by atoms with Crippen molar-refractivity contribution in [2.45, 2.75) is 6.54 Å². The molecule has 1 heterocycles. The molecule has 16 heavy (non-hydrogen) atoms. The van der Waals surface area contributed by atoms with Crippen molar-refractivity contribution in [1.82, 2.24) is 9.78 Å². The topological polar surface area (TPSA) is 68.3 Å². The van der Waals surface area contributed by atoms with Crippen molar-refractivity contribution in [3.8, 4) is 11.5 Å². The zero-order valence-corrected chi connectivity index (χ0v) is 8.26. The number of hydrogen-bond donors (Lipinski definition) is 1. The van der Waals surface area contributed by atoms with E-state index in [4.69, 9.17) is 9.52 Å². The van der Waals surface area contributed by atoms with Crippen LogP contribution in [0.25, 0.3) is 11.5 Å². The highest BCUT2D eigenvalue weighted by Gasteiger charge is 2.09. The van der Waals surface area contributed by atoms with Crippen LogP contribution in [0.4, 0.5) is 4.39 Å². The maximum Gasteiger partial charge on any atom is 0.437 e. The average Bonchev–Trinajstić information content (AvgIpc) is 2.62. The van der Waals surface area contributed by atoms with Crippen LogP contribution in [0, 0.1) is 5.82 Å². The van der Waals surface area contributed by atoms with Crippen molar-refractivity contribution < 1.29 is 13.9 Å². The summed E-state index contributed by atoms with van der Waals surface area (Å²) < 4.78 is 18.5. The number of rotatable bonds is 3. The molecule has 0 radical (unpaired) electrons. The second-order valence-electron chi connectivity index (χ2n) is 3.13. The summed E-state index contributed by atoms with van der Waals surface area (Å²) in [6.07, 6.45) is 0. The van der Waals surface area contributed by atoms with E-state index in [0.717, 1.165) is 4.68 Å². The van der Waals surface area contributed by atoms with Crippen LogP contribution >= 0.6 is 0 Å². The largest absolute Gasteiger partial charge is 0.437 e. The van der Waals surface area contributed by atoms with E-state index in [1.165, 1.54) is 24.3 Å². The molecule has 0 aliphatic heterocycles. The molecular weight excluding hydrogens is 215 g/mol. The molecule has 0 atom stereocenters. The molecule has 1 aromatic heterocycles. The number of aliphatic hydroxyl groups excluding tert-OH is 1. The van der Waals surface area contributed by atoms with Crippen molar-refractivity contribution in [3.63, 3.8) is 0 Å². The van der Waals surface area contributed by atoms with E-state index in [0.29, 0.717) is 5.56 Å². The molecule has 0 spiro atoms. The lowest BCUT2D eigenvalue weighted by Crippen LogP contribution is -2.17. The Morgan fingerprint density at radius 3 is 2.69 bits per heavy atom. The van der Waals surface area contributed by atoms with E-state index in [1.807, 2.05) is 0 Å². The van der Waals surface area contributed by atoms with Crippen molar-refractivity contribution in [3.05, 3.63) is 40.6 Å². The highest BCUT2D eigenvalue weighted by Crippen LogP contribution is 2.15. The fraction of sp³-hybridized carbons (Fsp3) is 0.200. The molecule has 0 aliphatic rings. The first kappa shape index (κ1) is 10.6. The van der Waals surface area contributed by atoms with Crippen molar-refractivity contribution in [1.29, 1.82) is 0 Å². The first-order chi connectivity index (χ1) is 7.70. The van der Waals surface area contributed by atoms with E-state index in [-0.39, 0.29) is 24.9 Å². The number of nitrogens with zero attached hydrogens (tertiary/aromatic N) is 2. The molecule has 0 fully saturated rings. The van der Waals surface area contributed by atoms with Gasteiger partial charge in [-0.2, -0.15) is 4.68 Å². The van der Waals surface area contributed by atoms with Crippen LogP contribution in [0.2, 0.25) is 0 Å². The average molecular weight is 224 g/mol. The van der Waals surface area contributed by atoms with Crippen LogP contribution in [-0.2, 0) is 6.54 Å². The maximum absolute atomic E-state index is 12.7. The highest BCUT2D eigenvalue weighted by atomic mass is 19.1. The number of hydrogen-bond acceptors (Lipinski definition) is 4. The Kier molecular flexibility index (Phi) is 2.82. The zero-order valence-electron chi connectivity index (χ0n) is 8.26. The predicted octanol–water partition coefficient (Wildman–Crippen LogP) is 0.635. The van der Waals surface area contributed by atoms with Gasteiger partial charge in [-0.05, 0) is 24.3 Å². The number of benzene rings is 1. The second kappa shape index (κ2) is 4.28. The predicted molar refractivity (Wildman–Crippen MR) is 53.2 cm³/mol. The molecular formula is C10H9FN2O3. The summed E-state index contributed by atoms with van der Waals surface area (Å²) in [5.74, 6) is -0.910. The fourth-order valence-corrected chi connectivity index (χ4v) is 1.25. The van der Waals surface area contributed by atoms with Gasteiger partial charge in [0, 0.05) is 5.56 Å². The SMILES string of the molecule is O=c1oc(-c2ccc(F)cc2)nn1CCO. The Morgan fingerprint density at radius 1 is 1.38 bits per heavy atom. The lowest BCUT2D eigenvalue weighted by Gasteiger charge is -1.93. The molecule has 5 nitrogen and oxygen atoms in total. The lowest BCUT2D eigenvalue weighted by atomic mass is 10.2. The molecule has 1 aromatic carbocycles. The maximum atomic E-state index is 12.7. The van der Waals surface area contributed by atoms with Gasteiger partial charge < -0.3 is 9.52 Å². The van der Waals surface area contributed by atoms with Gasteiger partial charge >= 0.3 is 5.76 Å². The Morgan fingerprint density at radius 2 is 2.06 bits per heavy atom. The minimum Gasteiger partial charge on any atom is -0.394 e. The van der Waals surface area contributed by atoms with Crippen molar-refractivity contribution in [2.24, 2.45) is 0 Å². The first-order valence-corrected chi connectivity index (χ1v) is 4.65. The molecule has 2 aromatic rings. The van der Waals surface area contributed by atoms with Crippen molar-refractivity contribution >= 4 is 0 Å². The molecule has 0 amide bonds. The van der Waals surface area contributed by atoms with Gasteiger partial charge in [0.25, 0.3) is 0 Å². The van der Waals surface area contributed by atoms with E-state index in [2.05, 4.69) is 5.10 Å². The Bertz CT molecular complexity index is 530. The molecule has 2 rings (SSSR count). The summed E-state index contributed by atoms with van der Waals surface area (Å²) in [5, 5.41) is 12.5. The highest BCUT2D eigenvalue weighted by molar-refractivity contribution is 5.51. The van der Waals surface area contributed by atoms with Gasteiger partial charge in [-0.25, -0.2) is 9.18 Å². The van der Waals surface area contributed by atoms with Crippen LogP contribution in [0.15, 0.2) is 33.5 Å². The Balaban J connectivity index is 2.37. The minimum atomic E-state index is -0.645. The number of halogens is 1. The number of aromatic nitrogens is 2. The number of aliphatic hydroxyl groups is 1. The Hall–Kier alpha value is -1.95. The summed E-state index contributed by atoms with van der Waals surface area (Å²) >= 11 is 0. The summed E-state index contributed by atoms with van der Waals surface area (Å²) in [4.78, 5) is 11.2. The van der Waals surface area contributed by atoms with Gasteiger partial charge in [-0.1, -0.05) is 0 Å². The van der Waals surface area contributed by atoms with Gasteiger partial charge in [0.2, 0.25) is 5.89 Å².